The number of rotatable bonds is 6. The van der Waals surface area contributed by atoms with E-state index in [0.29, 0.717) is 23.7 Å². The summed E-state index contributed by atoms with van der Waals surface area (Å²) in [6.07, 6.45) is 2.21. The van der Waals surface area contributed by atoms with Gasteiger partial charge in [-0.05, 0) is 80.4 Å². The molecular formula is C19H23ClFN3O3S. The van der Waals surface area contributed by atoms with E-state index in [2.05, 4.69) is 15.4 Å². The molecule has 2 aromatic carbocycles. The first-order valence-electron chi connectivity index (χ1n) is 8.81. The highest BCUT2D eigenvalue weighted by Crippen LogP contribution is 2.17. The van der Waals surface area contributed by atoms with Crippen molar-refractivity contribution in [1.82, 2.24) is 10.6 Å². The summed E-state index contributed by atoms with van der Waals surface area (Å²) in [5, 5.41) is 6.22. The van der Waals surface area contributed by atoms with Gasteiger partial charge in [0.2, 0.25) is 0 Å². The monoisotopic (exact) mass is 427 g/mol. The maximum absolute atomic E-state index is 12.9. The highest BCUT2D eigenvalue weighted by atomic mass is 35.5. The zero-order valence-electron chi connectivity index (χ0n) is 15.2. The Hall–Kier alpha value is -2.16. The Morgan fingerprint density at radius 2 is 1.79 bits per heavy atom. The SMILES string of the molecule is Cl.O=C(NCC1CCCNC1)c1ccc(NS(=O)(=O)c2ccc(F)cc2)cc1. The normalized spacial score (nSPS) is 16.7. The largest absolute Gasteiger partial charge is 0.352 e. The standard InChI is InChI=1S/C19H22FN3O3S.ClH/c20-16-5-9-18(10-6-16)27(25,26)23-17-7-3-15(4-8-17)19(24)22-13-14-2-1-11-21-12-14;/h3-10,14,21,23H,1-2,11-13H2,(H,22,24);1H. The predicted molar refractivity (Wildman–Crippen MR) is 109 cm³/mol. The maximum atomic E-state index is 12.9. The summed E-state index contributed by atoms with van der Waals surface area (Å²) in [7, 11) is -3.81. The highest BCUT2D eigenvalue weighted by molar-refractivity contribution is 7.92. The van der Waals surface area contributed by atoms with Crippen molar-refractivity contribution in [3.63, 3.8) is 0 Å². The summed E-state index contributed by atoms with van der Waals surface area (Å²) in [5.41, 5.74) is 0.788. The van der Waals surface area contributed by atoms with Crippen LogP contribution in [0.15, 0.2) is 53.4 Å². The molecule has 1 saturated heterocycles. The molecule has 1 heterocycles. The lowest BCUT2D eigenvalue weighted by Gasteiger charge is -2.22. The minimum absolute atomic E-state index is 0. The van der Waals surface area contributed by atoms with Gasteiger partial charge in [-0.15, -0.1) is 12.4 Å². The Balaban J connectivity index is 0.00000280. The van der Waals surface area contributed by atoms with E-state index in [1.807, 2.05) is 0 Å². The van der Waals surface area contributed by atoms with Crippen molar-refractivity contribution in [3.8, 4) is 0 Å². The number of benzene rings is 2. The zero-order chi connectivity index (χ0) is 19.3. The number of nitrogens with one attached hydrogen (secondary N) is 3. The number of hydrogen-bond acceptors (Lipinski definition) is 4. The van der Waals surface area contributed by atoms with Crippen molar-refractivity contribution < 1.29 is 17.6 Å². The Labute approximate surface area is 170 Å². The average Bonchev–Trinajstić information content (AvgIpc) is 2.67. The van der Waals surface area contributed by atoms with E-state index in [1.165, 1.54) is 24.3 Å². The summed E-state index contributed by atoms with van der Waals surface area (Å²) < 4.78 is 39.9. The number of carbonyl (C=O) groups is 1. The van der Waals surface area contributed by atoms with Crippen LogP contribution in [0.2, 0.25) is 0 Å². The first-order valence-corrected chi connectivity index (χ1v) is 10.3. The fourth-order valence-electron chi connectivity index (χ4n) is 2.95. The van der Waals surface area contributed by atoms with E-state index in [4.69, 9.17) is 0 Å². The third-order valence-electron chi connectivity index (χ3n) is 4.47. The molecule has 0 bridgehead atoms. The molecule has 3 N–H and O–H groups in total. The lowest BCUT2D eigenvalue weighted by Crippen LogP contribution is -2.38. The summed E-state index contributed by atoms with van der Waals surface area (Å²) in [4.78, 5) is 12.2. The van der Waals surface area contributed by atoms with Crippen molar-refractivity contribution in [3.05, 3.63) is 59.9 Å². The second-order valence-corrected chi connectivity index (χ2v) is 8.24. The molecule has 0 aromatic heterocycles. The number of anilines is 1. The van der Waals surface area contributed by atoms with Gasteiger partial charge in [0.05, 0.1) is 4.90 Å². The molecule has 1 fully saturated rings. The molecule has 2 aromatic rings. The topological polar surface area (TPSA) is 87.3 Å². The number of carbonyl (C=O) groups excluding carboxylic acids is 1. The van der Waals surface area contributed by atoms with Gasteiger partial charge in [0, 0.05) is 17.8 Å². The van der Waals surface area contributed by atoms with Crippen LogP contribution < -0.4 is 15.4 Å². The minimum Gasteiger partial charge on any atom is -0.352 e. The van der Waals surface area contributed by atoms with Crippen molar-refractivity contribution >= 4 is 34.0 Å². The lowest BCUT2D eigenvalue weighted by molar-refractivity contribution is 0.0945. The lowest BCUT2D eigenvalue weighted by atomic mass is 9.99. The first kappa shape index (κ1) is 22.1. The van der Waals surface area contributed by atoms with Crippen molar-refractivity contribution in [2.75, 3.05) is 24.4 Å². The van der Waals surface area contributed by atoms with E-state index < -0.39 is 15.8 Å². The number of hydrogen-bond donors (Lipinski definition) is 3. The first-order chi connectivity index (χ1) is 12.9. The second kappa shape index (κ2) is 9.86. The van der Waals surface area contributed by atoms with Gasteiger partial charge in [-0.25, -0.2) is 12.8 Å². The number of amides is 1. The molecule has 6 nitrogen and oxygen atoms in total. The Bertz CT molecular complexity index is 884. The third-order valence-corrected chi connectivity index (χ3v) is 5.87. The van der Waals surface area contributed by atoms with Gasteiger partial charge in [-0.1, -0.05) is 0 Å². The molecule has 1 unspecified atom stereocenters. The average molecular weight is 428 g/mol. The highest BCUT2D eigenvalue weighted by Gasteiger charge is 2.16. The molecule has 9 heteroatoms. The zero-order valence-corrected chi connectivity index (χ0v) is 16.8. The molecule has 28 heavy (non-hydrogen) atoms. The van der Waals surface area contributed by atoms with E-state index in [0.717, 1.165) is 38.1 Å². The van der Waals surface area contributed by atoms with Gasteiger partial charge in [0.1, 0.15) is 5.82 Å². The van der Waals surface area contributed by atoms with Gasteiger partial charge in [0.25, 0.3) is 15.9 Å². The summed E-state index contributed by atoms with van der Waals surface area (Å²) in [5.74, 6) is -0.258. The molecule has 0 aliphatic carbocycles. The van der Waals surface area contributed by atoms with Crippen LogP contribution in [-0.4, -0.2) is 34.0 Å². The van der Waals surface area contributed by atoms with Gasteiger partial charge in [-0.2, -0.15) is 0 Å². The maximum Gasteiger partial charge on any atom is 0.261 e. The van der Waals surface area contributed by atoms with Gasteiger partial charge in [0.15, 0.2) is 0 Å². The van der Waals surface area contributed by atoms with Crippen LogP contribution in [0.25, 0.3) is 0 Å². The summed E-state index contributed by atoms with van der Waals surface area (Å²) in [6, 6.07) is 10.7. The smallest absolute Gasteiger partial charge is 0.261 e. The fourth-order valence-corrected chi connectivity index (χ4v) is 4.01. The van der Waals surface area contributed by atoms with E-state index in [9.17, 15) is 17.6 Å². The Morgan fingerprint density at radius 1 is 1.11 bits per heavy atom. The summed E-state index contributed by atoms with van der Waals surface area (Å²) in [6.45, 7) is 2.55. The van der Waals surface area contributed by atoms with Crippen molar-refractivity contribution in [2.24, 2.45) is 5.92 Å². The Kier molecular flexibility index (Phi) is 7.79. The van der Waals surface area contributed by atoms with Gasteiger partial charge < -0.3 is 10.6 Å². The minimum atomic E-state index is -3.81. The van der Waals surface area contributed by atoms with Crippen LogP contribution in [0.1, 0.15) is 23.2 Å². The van der Waals surface area contributed by atoms with Crippen LogP contribution in [-0.2, 0) is 10.0 Å². The van der Waals surface area contributed by atoms with Crippen LogP contribution in [0.3, 0.4) is 0 Å². The van der Waals surface area contributed by atoms with Gasteiger partial charge in [-0.3, -0.25) is 9.52 Å². The molecule has 1 amide bonds. The molecule has 1 aliphatic rings. The molecule has 1 atom stereocenters. The summed E-state index contributed by atoms with van der Waals surface area (Å²) >= 11 is 0. The van der Waals surface area contributed by atoms with E-state index in [-0.39, 0.29) is 23.2 Å². The van der Waals surface area contributed by atoms with Crippen LogP contribution >= 0.6 is 12.4 Å². The molecule has 1 aliphatic heterocycles. The van der Waals surface area contributed by atoms with Gasteiger partial charge >= 0.3 is 0 Å². The van der Waals surface area contributed by atoms with Crippen molar-refractivity contribution in [1.29, 1.82) is 0 Å². The number of halogens is 2. The molecule has 0 radical (unpaired) electrons. The number of piperidine rings is 1. The van der Waals surface area contributed by atoms with E-state index >= 15 is 0 Å². The number of sulfonamides is 1. The molecular weight excluding hydrogens is 405 g/mol. The van der Waals surface area contributed by atoms with Crippen molar-refractivity contribution in [2.45, 2.75) is 17.7 Å². The van der Waals surface area contributed by atoms with Crippen LogP contribution in [0, 0.1) is 11.7 Å². The molecule has 152 valence electrons. The van der Waals surface area contributed by atoms with E-state index in [1.54, 1.807) is 12.1 Å². The second-order valence-electron chi connectivity index (χ2n) is 6.56. The molecule has 0 saturated carbocycles. The fraction of sp³-hybridized carbons (Fsp3) is 0.316. The quantitative estimate of drug-likeness (QED) is 0.661. The third kappa shape index (κ3) is 5.92. The van der Waals surface area contributed by atoms with Crippen LogP contribution in [0.4, 0.5) is 10.1 Å². The van der Waals surface area contributed by atoms with Crippen LogP contribution in [0.5, 0.6) is 0 Å². The molecule has 3 rings (SSSR count). The predicted octanol–water partition coefficient (Wildman–Crippen LogP) is 2.78. The Morgan fingerprint density at radius 3 is 2.39 bits per heavy atom. The molecule has 0 spiro atoms.